The molecule has 1 atom stereocenters. The summed E-state index contributed by atoms with van der Waals surface area (Å²) in [7, 11) is 0. The van der Waals surface area contributed by atoms with Crippen LogP contribution < -0.4 is 5.32 Å². The van der Waals surface area contributed by atoms with Gasteiger partial charge in [0.25, 0.3) is 0 Å². The second kappa shape index (κ2) is 8.30. The zero-order valence-corrected chi connectivity index (χ0v) is 12.4. The number of rotatable bonds is 9. The van der Waals surface area contributed by atoms with E-state index in [9.17, 15) is 0 Å². The monoisotopic (exact) mass is 251 g/mol. The van der Waals surface area contributed by atoms with Gasteiger partial charge in [-0.1, -0.05) is 27.7 Å². The van der Waals surface area contributed by atoms with E-state index in [1.165, 1.54) is 25.0 Å². The molecule has 1 unspecified atom stereocenters. The summed E-state index contributed by atoms with van der Waals surface area (Å²) in [5.41, 5.74) is 1.35. The number of aryl methyl sites for hydroxylation is 1. The third kappa shape index (κ3) is 4.81. The van der Waals surface area contributed by atoms with Crippen molar-refractivity contribution in [1.82, 2.24) is 15.1 Å². The van der Waals surface area contributed by atoms with Crippen LogP contribution in [0.2, 0.25) is 0 Å². The van der Waals surface area contributed by atoms with Crippen LogP contribution in [0.4, 0.5) is 0 Å². The summed E-state index contributed by atoms with van der Waals surface area (Å²) in [5.74, 6) is 0.762. The average molecular weight is 251 g/mol. The van der Waals surface area contributed by atoms with Gasteiger partial charge in [0, 0.05) is 18.8 Å². The highest BCUT2D eigenvalue weighted by Gasteiger charge is 2.15. The Hall–Kier alpha value is -0.830. The van der Waals surface area contributed by atoms with Gasteiger partial charge in [0.05, 0.1) is 5.69 Å². The molecular weight excluding hydrogens is 222 g/mol. The van der Waals surface area contributed by atoms with Crippen LogP contribution in [0.15, 0.2) is 12.3 Å². The third-order valence-electron chi connectivity index (χ3n) is 3.22. The minimum atomic E-state index is 0.460. The molecule has 3 nitrogen and oxygen atoms in total. The molecule has 0 radical (unpaired) electrons. The van der Waals surface area contributed by atoms with Gasteiger partial charge in [-0.05, 0) is 44.2 Å². The first-order chi connectivity index (χ1) is 8.69. The molecule has 1 N–H and O–H groups in total. The van der Waals surface area contributed by atoms with Crippen molar-refractivity contribution in [2.45, 2.75) is 66.0 Å². The van der Waals surface area contributed by atoms with E-state index >= 15 is 0 Å². The Morgan fingerprint density at radius 2 is 2.00 bits per heavy atom. The minimum Gasteiger partial charge on any atom is -0.309 e. The summed E-state index contributed by atoms with van der Waals surface area (Å²) in [4.78, 5) is 0. The van der Waals surface area contributed by atoms with Crippen LogP contribution in [0.5, 0.6) is 0 Å². The Labute approximate surface area is 112 Å². The van der Waals surface area contributed by atoms with E-state index in [1.54, 1.807) is 0 Å². The van der Waals surface area contributed by atoms with E-state index in [4.69, 9.17) is 0 Å². The fraction of sp³-hybridized carbons (Fsp3) is 0.800. The van der Waals surface area contributed by atoms with Crippen molar-refractivity contribution >= 4 is 0 Å². The Morgan fingerprint density at radius 3 is 2.61 bits per heavy atom. The highest BCUT2D eigenvalue weighted by molar-refractivity contribution is 5.07. The van der Waals surface area contributed by atoms with Crippen LogP contribution in [0.25, 0.3) is 0 Å². The summed E-state index contributed by atoms with van der Waals surface area (Å²) >= 11 is 0. The summed E-state index contributed by atoms with van der Waals surface area (Å²) in [5, 5.41) is 8.10. The molecule has 104 valence electrons. The second-order valence-corrected chi connectivity index (χ2v) is 5.46. The maximum Gasteiger partial charge on any atom is 0.0553 e. The first kappa shape index (κ1) is 15.2. The maximum absolute atomic E-state index is 4.44. The van der Waals surface area contributed by atoms with Gasteiger partial charge in [0.2, 0.25) is 0 Å². The molecule has 0 aromatic carbocycles. The smallest absolute Gasteiger partial charge is 0.0553 e. The van der Waals surface area contributed by atoms with Crippen LogP contribution >= 0.6 is 0 Å². The van der Waals surface area contributed by atoms with E-state index in [2.05, 4.69) is 48.9 Å². The molecule has 0 bridgehead atoms. The van der Waals surface area contributed by atoms with E-state index in [0.29, 0.717) is 6.04 Å². The number of aromatic nitrogens is 2. The molecule has 0 amide bonds. The first-order valence-corrected chi connectivity index (χ1v) is 7.44. The van der Waals surface area contributed by atoms with Gasteiger partial charge in [-0.3, -0.25) is 4.68 Å². The Morgan fingerprint density at radius 1 is 1.22 bits per heavy atom. The van der Waals surface area contributed by atoms with Gasteiger partial charge in [-0.2, -0.15) is 5.10 Å². The molecule has 0 aliphatic rings. The molecule has 0 saturated carbocycles. The van der Waals surface area contributed by atoms with Crippen LogP contribution in [0.3, 0.4) is 0 Å². The van der Waals surface area contributed by atoms with Gasteiger partial charge in [0.1, 0.15) is 0 Å². The third-order valence-corrected chi connectivity index (χ3v) is 3.22. The van der Waals surface area contributed by atoms with Crippen molar-refractivity contribution in [2.24, 2.45) is 5.92 Å². The van der Waals surface area contributed by atoms with Gasteiger partial charge in [-0.15, -0.1) is 0 Å². The zero-order valence-electron chi connectivity index (χ0n) is 12.4. The summed E-state index contributed by atoms with van der Waals surface area (Å²) in [6.07, 6.45) is 6.71. The second-order valence-electron chi connectivity index (χ2n) is 5.46. The minimum absolute atomic E-state index is 0.460. The molecule has 1 aromatic rings. The lowest BCUT2D eigenvalue weighted by molar-refractivity contribution is 0.411. The highest BCUT2D eigenvalue weighted by Crippen LogP contribution is 2.21. The van der Waals surface area contributed by atoms with E-state index in [-0.39, 0.29) is 0 Å². The molecule has 1 rings (SSSR count). The molecular formula is C15H29N3. The van der Waals surface area contributed by atoms with Crippen molar-refractivity contribution in [3.63, 3.8) is 0 Å². The van der Waals surface area contributed by atoms with Crippen molar-refractivity contribution in [3.05, 3.63) is 18.0 Å². The van der Waals surface area contributed by atoms with Crippen LogP contribution in [-0.4, -0.2) is 16.3 Å². The van der Waals surface area contributed by atoms with Crippen molar-refractivity contribution in [3.8, 4) is 0 Å². The lowest BCUT2D eigenvalue weighted by Gasteiger charge is -2.21. The molecule has 1 aromatic heterocycles. The largest absolute Gasteiger partial charge is 0.309 e. The number of nitrogens with one attached hydrogen (secondary N) is 1. The standard InChI is InChI=1S/C15H29N3/c1-5-10-16-14(8-7-13(3)4)15-9-11-17-18(15)12-6-2/h9,11,13-14,16H,5-8,10,12H2,1-4H3. The van der Waals surface area contributed by atoms with E-state index in [1.807, 2.05) is 6.20 Å². The predicted molar refractivity (Wildman–Crippen MR) is 77.6 cm³/mol. The van der Waals surface area contributed by atoms with Crippen molar-refractivity contribution < 1.29 is 0 Å². The molecule has 18 heavy (non-hydrogen) atoms. The number of hydrogen-bond donors (Lipinski definition) is 1. The van der Waals surface area contributed by atoms with Gasteiger partial charge >= 0.3 is 0 Å². The predicted octanol–water partition coefficient (Wildman–Crippen LogP) is 3.77. The van der Waals surface area contributed by atoms with E-state index < -0.39 is 0 Å². The first-order valence-electron chi connectivity index (χ1n) is 7.44. The van der Waals surface area contributed by atoms with Crippen molar-refractivity contribution in [2.75, 3.05) is 6.54 Å². The molecule has 1 heterocycles. The zero-order chi connectivity index (χ0) is 13.4. The summed E-state index contributed by atoms with van der Waals surface area (Å²) < 4.78 is 2.16. The molecule has 0 saturated heterocycles. The van der Waals surface area contributed by atoms with Gasteiger partial charge < -0.3 is 5.32 Å². The number of nitrogens with zero attached hydrogens (tertiary/aromatic N) is 2. The van der Waals surface area contributed by atoms with Crippen molar-refractivity contribution in [1.29, 1.82) is 0 Å². The van der Waals surface area contributed by atoms with Gasteiger partial charge in [0.15, 0.2) is 0 Å². The highest BCUT2D eigenvalue weighted by atomic mass is 15.3. The van der Waals surface area contributed by atoms with Crippen LogP contribution in [-0.2, 0) is 6.54 Å². The summed E-state index contributed by atoms with van der Waals surface area (Å²) in [6, 6.07) is 2.63. The molecule has 0 aliphatic heterocycles. The lowest BCUT2D eigenvalue weighted by atomic mass is 10.0. The molecule has 0 aliphatic carbocycles. The maximum atomic E-state index is 4.44. The fourth-order valence-electron chi connectivity index (χ4n) is 2.21. The van der Waals surface area contributed by atoms with Gasteiger partial charge in [-0.25, -0.2) is 0 Å². The normalized spacial score (nSPS) is 13.2. The Kier molecular flexibility index (Phi) is 7.02. The number of hydrogen-bond acceptors (Lipinski definition) is 2. The SMILES string of the molecule is CCCNC(CCC(C)C)c1ccnn1CCC. The fourth-order valence-corrected chi connectivity index (χ4v) is 2.21. The Bertz CT molecular complexity index is 317. The average Bonchev–Trinajstić information content (AvgIpc) is 2.78. The Balaban J connectivity index is 2.69. The summed E-state index contributed by atoms with van der Waals surface area (Å²) in [6.45, 7) is 11.1. The molecule has 0 fully saturated rings. The molecule has 0 spiro atoms. The topological polar surface area (TPSA) is 29.9 Å². The van der Waals surface area contributed by atoms with Crippen LogP contribution in [0.1, 0.15) is 65.1 Å². The van der Waals surface area contributed by atoms with Crippen LogP contribution in [0, 0.1) is 5.92 Å². The quantitative estimate of drug-likeness (QED) is 0.724. The molecule has 3 heteroatoms. The lowest BCUT2D eigenvalue weighted by Crippen LogP contribution is -2.25. The van der Waals surface area contributed by atoms with E-state index in [0.717, 1.165) is 25.4 Å².